The van der Waals surface area contributed by atoms with Gasteiger partial charge >= 0.3 is 5.97 Å². The maximum absolute atomic E-state index is 12.6. The predicted octanol–water partition coefficient (Wildman–Crippen LogP) is 3.47. The molecule has 2 aromatic rings. The van der Waals surface area contributed by atoms with Crippen molar-refractivity contribution in [1.29, 1.82) is 0 Å². The van der Waals surface area contributed by atoms with Crippen LogP contribution in [0, 0.1) is 0 Å². The van der Waals surface area contributed by atoms with Crippen LogP contribution < -0.4 is 0 Å². The number of aryl methyl sites for hydroxylation is 1. The minimum absolute atomic E-state index is 0.0812. The van der Waals surface area contributed by atoms with Crippen molar-refractivity contribution in [3.8, 4) is 0 Å². The van der Waals surface area contributed by atoms with Crippen molar-refractivity contribution in [1.82, 2.24) is 9.88 Å². The highest BCUT2D eigenvalue weighted by molar-refractivity contribution is 7.18. The lowest BCUT2D eigenvalue weighted by Gasteiger charge is -2.35. The van der Waals surface area contributed by atoms with Gasteiger partial charge in [0.2, 0.25) is 5.91 Å². The molecule has 2 heterocycles. The van der Waals surface area contributed by atoms with E-state index in [1.807, 2.05) is 29.2 Å². The van der Waals surface area contributed by atoms with Crippen LogP contribution in [0.3, 0.4) is 0 Å². The summed E-state index contributed by atoms with van der Waals surface area (Å²) < 4.78 is 1.15. The molecule has 1 aromatic carbocycles. The summed E-state index contributed by atoms with van der Waals surface area (Å²) in [6, 6.07) is 8.08. The summed E-state index contributed by atoms with van der Waals surface area (Å²) in [5, 5.41) is 9.87. The third-order valence-electron chi connectivity index (χ3n) is 4.53. The van der Waals surface area contributed by atoms with Crippen LogP contribution in [0.25, 0.3) is 10.2 Å². The van der Waals surface area contributed by atoms with Crippen LogP contribution in [0.15, 0.2) is 24.3 Å². The number of carbonyl (C=O) groups excluding carboxylic acids is 1. The Morgan fingerprint density at radius 3 is 2.88 bits per heavy atom. The number of para-hydroxylation sites is 1. The Morgan fingerprint density at radius 2 is 2.08 bits per heavy atom. The minimum Gasteiger partial charge on any atom is -0.481 e. The number of carboxylic acids is 1. The molecule has 1 unspecified atom stereocenters. The Hall–Kier alpha value is -1.95. The smallest absolute Gasteiger partial charge is 0.303 e. The number of likely N-dealkylation sites (tertiary alicyclic amines) is 1. The first-order valence-corrected chi connectivity index (χ1v) is 9.31. The molecule has 1 aliphatic rings. The normalized spacial score (nSPS) is 18.0. The summed E-state index contributed by atoms with van der Waals surface area (Å²) in [5.74, 6) is -0.660. The molecule has 1 atom stereocenters. The van der Waals surface area contributed by atoms with E-state index in [1.54, 1.807) is 11.3 Å². The third kappa shape index (κ3) is 4.12. The van der Waals surface area contributed by atoms with Gasteiger partial charge in [0.1, 0.15) is 0 Å². The zero-order chi connectivity index (χ0) is 16.9. The highest BCUT2D eigenvalue weighted by Gasteiger charge is 2.26. The number of thiazole rings is 1. The average Bonchev–Trinajstić information content (AvgIpc) is 3.01. The van der Waals surface area contributed by atoms with Gasteiger partial charge in [0.05, 0.1) is 15.2 Å². The number of aromatic nitrogens is 1. The second kappa shape index (κ2) is 7.75. The Balaban J connectivity index is 1.58. The molecule has 1 aromatic heterocycles. The predicted molar refractivity (Wildman–Crippen MR) is 94.2 cm³/mol. The van der Waals surface area contributed by atoms with Crippen molar-refractivity contribution in [2.45, 2.75) is 51.0 Å². The van der Waals surface area contributed by atoms with Crippen LogP contribution in [-0.4, -0.2) is 39.5 Å². The van der Waals surface area contributed by atoms with Gasteiger partial charge in [-0.05, 0) is 37.8 Å². The largest absolute Gasteiger partial charge is 0.481 e. The fourth-order valence-electron chi connectivity index (χ4n) is 3.30. The zero-order valence-electron chi connectivity index (χ0n) is 13.6. The summed E-state index contributed by atoms with van der Waals surface area (Å²) in [6.45, 7) is 0.753. The SMILES string of the molecule is O=C(O)CCC1CCCCN1C(=O)CCc1nc2ccccc2s1. The molecule has 1 amide bonds. The molecule has 3 rings (SSSR count). The van der Waals surface area contributed by atoms with Crippen LogP contribution >= 0.6 is 11.3 Å². The van der Waals surface area contributed by atoms with Crippen molar-refractivity contribution in [3.63, 3.8) is 0 Å². The van der Waals surface area contributed by atoms with Gasteiger partial charge in [0, 0.05) is 31.8 Å². The second-order valence-electron chi connectivity index (χ2n) is 6.24. The second-order valence-corrected chi connectivity index (χ2v) is 7.36. The standard InChI is InChI=1S/C18H22N2O3S/c21-17(20-12-4-3-5-13(20)8-11-18(22)23)10-9-16-19-14-6-1-2-7-15(14)24-16/h1-2,6-7,13H,3-5,8-12H2,(H,22,23). The Morgan fingerprint density at radius 1 is 1.25 bits per heavy atom. The van der Waals surface area contributed by atoms with Crippen molar-refractivity contribution in [2.24, 2.45) is 0 Å². The number of hydrogen-bond donors (Lipinski definition) is 1. The van der Waals surface area contributed by atoms with Crippen molar-refractivity contribution in [3.05, 3.63) is 29.3 Å². The van der Waals surface area contributed by atoms with E-state index in [9.17, 15) is 9.59 Å². The van der Waals surface area contributed by atoms with Gasteiger partial charge in [-0.1, -0.05) is 12.1 Å². The molecule has 1 saturated heterocycles. The van der Waals surface area contributed by atoms with E-state index in [-0.39, 0.29) is 18.4 Å². The zero-order valence-corrected chi connectivity index (χ0v) is 14.4. The molecule has 1 aliphatic heterocycles. The number of benzene rings is 1. The van der Waals surface area contributed by atoms with Gasteiger partial charge in [-0.3, -0.25) is 9.59 Å². The fraction of sp³-hybridized carbons (Fsp3) is 0.500. The van der Waals surface area contributed by atoms with E-state index >= 15 is 0 Å². The molecule has 0 saturated carbocycles. The lowest BCUT2D eigenvalue weighted by atomic mass is 9.97. The number of piperidine rings is 1. The molecule has 1 N–H and O–H groups in total. The molecular weight excluding hydrogens is 324 g/mol. The molecule has 5 nitrogen and oxygen atoms in total. The molecule has 0 radical (unpaired) electrons. The molecule has 0 bridgehead atoms. The first kappa shape index (κ1) is 16.9. The lowest BCUT2D eigenvalue weighted by molar-refractivity contribution is -0.140. The topological polar surface area (TPSA) is 70.5 Å². The summed E-state index contributed by atoms with van der Waals surface area (Å²) in [5.41, 5.74) is 0.988. The molecule has 0 aliphatic carbocycles. The number of aliphatic carboxylic acids is 1. The van der Waals surface area contributed by atoms with E-state index in [1.165, 1.54) is 0 Å². The average molecular weight is 346 g/mol. The van der Waals surface area contributed by atoms with Gasteiger partial charge in [-0.15, -0.1) is 11.3 Å². The quantitative estimate of drug-likeness (QED) is 0.869. The molecule has 1 fully saturated rings. The van der Waals surface area contributed by atoms with E-state index in [4.69, 9.17) is 5.11 Å². The van der Waals surface area contributed by atoms with Crippen LogP contribution in [0.5, 0.6) is 0 Å². The van der Waals surface area contributed by atoms with Gasteiger partial charge < -0.3 is 10.0 Å². The number of carboxylic acid groups (broad SMARTS) is 1. The Kier molecular flexibility index (Phi) is 5.45. The molecule has 24 heavy (non-hydrogen) atoms. The molecule has 128 valence electrons. The number of carbonyl (C=O) groups is 2. The molecule has 6 heteroatoms. The van der Waals surface area contributed by atoms with E-state index in [0.29, 0.717) is 19.3 Å². The number of hydrogen-bond acceptors (Lipinski definition) is 4. The van der Waals surface area contributed by atoms with Gasteiger partial charge in [0.15, 0.2) is 0 Å². The Bertz CT molecular complexity index is 695. The fourth-order valence-corrected chi connectivity index (χ4v) is 4.27. The number of fused-ring (bicyclic) bond motifs is 1. The van der Waals surface area contributed by atoms with Crippen molar-refractivity contribution >= 4 is 33.4 Å². The molecular formula is C18H22N2O3S. The van der Waals surface area contributed by atoms with E-state index in [0.717, 1.165) is 41.0 Å². The highest BCUT2D eigenvalue weighted by Crippen LogP contribution is 2.25. The lowest BCUT2D eigenvalue weighted by Crippen LogP contribution is -2.44. The first-order chi connectivity index (χ1) is 11.6. The molecule has 0 spiro atoms. The minimum atomic E-state index is -0.789. The van der Waals surface area contributed by atoms with Crippen LogP contribution in [0.4, 0.5) is 0 Å². The number of amides is 1. The maximum Gasteiger partial charge on any atom is 0.303 e. The van der Waals surface area contributed by atoms with E-state index < -0.39 is 5.97 Å². The Labute approximate surface area is 145 Å². The number of rotatable bonds is 6. The van der Waals surface area contributed by atoms with Crippen molar-refractivity contribution in [2.75, 3.05) is 6.54 Å². The van der Waals surface area contributed by atoms with Crippen LogP contribution in [0.1, 0.15) is 43.5 Å². The van der Waals surface area contributed by atoms with E-state index in [2.05, 4.69) is 4.98 Å². The summed E-state index contributed by atoms with van der Waals surface area (Å²) in [7, 11) is 0. The highest BCUT2D eigenvalue weighted by atomic mass is 32.1. The third-order valence-corrected chi connectivity index (χ3v) is 5.63. The summed E-state index contributed by atoms with van der Waals surface area (Å²) in [4.78, 5) is 29.9. The van der Waals surface area contributed by atoms with Crippen LogP contribution in [0.2, 0.25) is 0 Å². The van der Waals surface area contributed by atoms with Gasteiger partial charge in [-0.2, -0.15) is 0 Å². The van der Waals surface area contributed by atoms with Gasteiger partial charge in [0.25, 0.3) is 0 Å². The van der Waals surface area contributed by atoms with Crippen molar-refractivity contribution < 1.29 is 14.7 Å². The maximum atomic E-state index is 12.6. The first-order valence-electron chi connectivity index (χ1n) is 8.49. The summed E-state index contributed by atoms with van der Waals surface area (Å²) >= 11 is 1.64. The van der Waals surface area contributed by atoms with Gasteiger partial charge in [-0.25, -0.2) is 4.98 Å². The number of nitrogens with zero attached hydrogens (tertiary/aromatic N) is 2. The van der Waals surface area contributed by atoms with Crippen LogP contribution in [-0.2, 0) is 16.0 Å². The summed E-state index contributed by atoms with van der Waals surface area (Å²) in [6.07, 6.45) is 4.79. The monoisotopic (exact) mass is 346 g/mol.